The van der Waals surface area contributed by atoms with Gasteiger partial charge in [-0.25, -0.2) is 0 Å². The van der Waals surface area contributed by atoms with Crippen LogP contribution in [0.15, 0.2) is 0 Å². The van der Waals surface area contributed by atoms with Crippen LogP contribution in [0.3, 0.4) is 0 Å². The monoisotopic (exact) mass is 118 g/mol. The molecule has 1 N–H and O–H groups in total. The molecule has 0 bridgehead atoms. The highest BCUT2D eigenvalue weighted by Gasteiger charge is 2.17. The van der Waals surface area contributed by atoms with Gasteiger partial charge in [0.2, 0.25) is 0 Å². The molecule has 1 atom stereocenters. The van der Waals surface area contributed by atoms with Gasteiger partial charge in [0, 0.05) is 0 Å². The Morgan fingerprint density at radius 3 is 2.88 bits per heavy atom. The summed E-state index contributed by atoms with van der Waals surface area (Å²) in [4.78, 5) is 10.2. The number of carbonyl (C=O) groups is 1. The van der Waals surface area contributed by atoms with Crippen LogP contribution in [0.5, 0.6) is 0 Å². The van der Waals surface area contributed by atoms with Crippen LogP contribution in [0.4, 0.5) is 0 Å². The average molecular weight is 118 g/mol. The summed E-state index contributed by atoms with van der Waals surface area (Å²) in [7, 11) is 0. The molecule has 46 valence electrons. The lowest BCUT2D eigenvalue weighted by Crippen LogP contribution is -2.26. The van der Waals surface area contributed by atoms with Gasteiger partial charge in [0.1, 0.15) is 0 Å². The largest absolute Gasteiger partial charge is 0.438 e. The van der Waals surface area contributed by atoms with Crippen LogP contribution in [0.25, 0.3) is 0 Å². The molecule has 4 heteroatoms. The number of ether oxygens (including phenoxy) is 2. The second-order valence-electron chi connectivity index (χ2n) is 1.46. The van der Waals surface area contributed by atoms with E-state index in [9.17, 15) is 4.79 Å². The van der Waals surface area contributed by atoms with Gasteiger partial charge in [-0.05, 0) is 0 Å². The van der Waals surface area contributed by atoms with Crippen LogP contribution in [0.1, 0.15) is 6.42 Å². The zero-order chi connectivity index (χ0) is 5.98. The van der Waals surface area contributed by atoms with Crippen molar-refractivity contribution in [2.45, 2.75) is 12.7 Å². The summed E-state index contributed by atoms with van der Waals surface area (Å²) in [6, 6.07) is 0. The summed E-state index contributed by atoms with van der Waals surface area (Å²) >= 11 is 0. The highest BCUT2D eigenvalue weighted by molar-refractivity contribution is 5.70. The predicted octanol–water partition coefficient (Wildman–Crippen LogP) is -0.774. The number of hydrogen-bond donors (Lipinski definition) is 1. The van der Waals surface area contributed by atoms with Gasteiger partial charge in [-0.2, -0.15) is 0 Å². The fourth-order valence-corrected chi connectivity index (χ4v) is 0.439. The minimum Gasteiger partial charge on any atom is -0.438 e. The van der Waals surface area contributed by atoms with Crippen molar-refractivity contribution < 1.29 is 19.4 Å². The summed E-state index contributed by atoms with van der Waals surface area (Å²) in [6.45, 7) is -0.125. The second-order valence-corrected chi connectivity index (χ2v) is 1.46. The number of rotatable bonds is 0. The molecule has 1 aliphatic rings. The lowest BCUT2D eigenvalue weighted by molar-refractivity contribution is -0.216. The Morgan fingerprint density at radius 1 is 1.75 bits per heavy atom. The molecule has 0 aromatic heterocycles. The van der Waals surface area contributed by atoms with Gasteiger partial charge >= 0.3 is 5.97 Å². The van der Waals surface area contributed by atoms with Gasteiger partial charge in [0.05, 0.1) is 6.42 Å². The number of aliphatic hydroxyl groups is 1. The van der Waals surface area contributed by atoms with Gasteiger partial charge < -0.3 is 14.6 Å². The Labute approximate surface area is 46.0 Å². The minimum absolute atomic E-state index is 0.0556. The van der Waals surface area contributed by atoms with Crippen molar-refractivity contribution in [1.82, 2.24) is 0 Å². The minimum atomic E-state index is -0.962. The number of aliphatic hydroxyl groups excluding tert-OH is 1. The van der Waals surface area contributed by atoms with Crippen molar-refractivity contribution in [3.63, 3.8) is 0 Å². The van der Waals surface area contributed by atoms with E-state index in [1.165, 1.54) is 0 Å². The number of carbonyl (C=O) groups excluding carboxylic acids is 1. The number of hydrogen-bond acceptors (Lipinski definition) is 4. The maximum atomic E-state index is 10.2. The van der Waals surface area contributed by atoms with Gasteiger partial charge in [-0.15, -0.1) is 0 Å². The van der Waals surface area contributed by atoms with Crippen molar-refractivity contribution >= 4 is 5.97 Å². The fourth-order valence-electron chi connectivity index (χ4n) is 0.439. The topological polar surface area (TPSA) is 55.8 Å². The highest BCUT2D eigenvalue weighted by Crippen LogP contribution is 2.02. The zero-order valence-electron chi connectivity index (χ0n) is 4.16. The zero-order valence-corrected chi connectivity index (χ0v) is 4.16. The SMILES string of the molecule is O=C1CC(O)OCO1. The molecule has 8 heavy (non-hydrogen) atoms. The molecule has 1 rings (SSSR count). The molecule has 1 fully saturated rings. The van der Waals surface area contributed by atoms with E-state index in [1.807, 2.05) is 0 Å². The Bertz CT molecular complexity index is 100. The molecule has 1 heterocycles. The molecule has 4 nitrogen and oxygen atoms in total. The Hall–Kier alpha value is -0.610. The van der Waals surface area contributed by atoms with Crippen molar-refractivity contribution in [3.05, 3.63) is 0 Å². The molecule has 0 aromatic rings. The smallest absolute Gasteiger partial charge is 0.313 e. The molecular weight excluding hydrogens is 112 g/mol. The van der Waals surface area contributed by atoms with Crippen LogP contribution < -0.4 is 0 Å². The lowest BCUT2D eigenvalue weighted by atomic mass is 10.4. The molecule has 0 aromatic carbocycles. The van der Waals surface area contributed by atoms with E-state index in [-0.39, 0.29) is 13.2 Å². The number of esters is 1. The molecule has 1 aliphatic heterocycles. The van der Waals surface area contributed by atoms with Crippen molar-refractivity contribution in [2.75, 3.05) is 6.79 Å². The summed E-state index contributed by atoms with van der Waals surface area (Å²) in [5.74, 6) is -0.413. The van der Waals surface area contributed by atoms with Crippen LogP contribution in [-0.4, -0.2) is 24.2 Å². The van der Waals surface area contributed by atoms with Gasteiger partial charge in [0.15, 0.2) is 13.1 Å². The maximum Gasteiger partial charge on any atom is 0.313 e. The third-order valence-electron chi connectivity index (χ3n) is 0.822. The highest BCUT2D eigenvalue weighted by atomic mass is 16.7. The molecule has 1 unspecified atom stereocenters. The summed E-state index contributed by atoms with van der Waals surface area (Å²) in [5, 5.41) is 8.56. The first-order valence-corrected chi connectivity index (χ1v) is 2.24. The van der Waals surface area contributed by atoms with E-state index >= 15 is 0 Å². The van der Waals surface area contributed by atoms with Gasteiger partial charge in [-0.1, -0.05) is 0 Å². The average Bonchev–Trinajstić information content (AvgIpc) is 1.64. The van der Waals surface area contributed by atoms with Gasteiger partial charge in [0.25, 0.3) is 0 Å². The van der Waals surface area contributed by atoms with Gasteiger partial charge in [-0.3, -0.25) is 4.79 Å². The second kappa shape index (κ2) is 2.11. The first-order valence-electron chi connectivity index (χ1n) is 2.24. The van der Waals surface area contributed by atoms with Crippen LogP contribution >= 0.6 is 0 Å². The lowest BCUT2D eigenvalue weighted by Gasteiger charge is -2.16. The van der Waals surface area contributed by atoms with E-state index < -0.39 is 12.3 Å². The predicted molar refractivity (Wildman–Crippen MR) is 22.7 cm³/mol. The molecule has 0 radical (unpaired) electrons. The molecular formula is C4H6O4. The summed E-state index contributed by atoms with van der Waals surface area (Å²) in [5.41, 5.74) is 0. The standard InChI is InChI=1S/C4H6O4/c5-3-1-4(6)8-2-7-3/h3,5H,1-2H2. The first-order chi connectivity index (χ1) is 3.79. The van der Waals surface area contributed by atoms with E-state index in [1.54, 1.807) is 0 Å². The fraction of sp³-hybridized carbons (Fsp3) is 0.750. The molecule has 0 aliphatic carbocycles. The summed E-state index contributed by atoms with van der Waals surface area (Å²) < 4.78 is 8.79. The molecule has 1 saturated heterocycles. The van der Waals surface area contributed by atoms with Crippen LogP contribution in [0.2, 0.25) is 0 Å². The molecule has 0 spiro atoms. The van der Waals surface area contributed by atoms with Crippen molar-refractivity contribution in [3.8, 4) is 0 Å². The van der Waals surface area contributed by atoms with E-state index in [0.29, 0.717) is 0 Å². The first kappa shape index (κ1) is 5.53. The third-order valence-corrected chi connectivity index (χ3v) is 0.822. The number of cyclic esters (lactones) is 1. The molecule has 0 amide bonds. The third kappa shape index (κ3) is 1.18. The summed E-state index contributed by atoms with van der Waals surface area (Å²) in [6.07, 6.45) is -1.02. The van der Waals surface area contributed by atoms with Crippen molar-refractivity contribution in [1.29, 1.82) is 0 Å². The van der Waals surface area contributed by atoms with Crippen LogP contribution in [-0.2, 0) is 14.3 Å². The quantitative estimate of drug-likeness (QED) is 0.424. The van der Waals surface area contributed by atoms with Crippen molar-refractivity contribution in [2.24, 2.45) is 0 Å². The Balaban J connectivity index is 2.34. The van der Waals surface area contributed by atoms with E-state index in [4.69, 9.17) is 5.11 Å². The van der Waals surface area contributed by atoms with Crippen LogP contribution in [0, 0.1) is 0 Å². The molecule has 0 saturated carbocycles. The van der Waals surface area contributed by atoms with E-state index in [0.717, 1.165) is 0 Å². The Morgan fingerprint density at radius 2 is 2.50 bits per heavy atom. The maximum absolute atomic E-state index is 10.2. The Kier molecular flexibility index (Phi) is 1.45. The normalized spacial score (nSPS) is 29.6. The van der Waals surface area contributed by atoms with E-state index in [2.05, 4.69) is 9.47 Å².